The maximum Gasteiger partial charge on any atom is 0.163 e. The Bertz CT molecular complexity index is 515. The van der Waals surface area contributed by atoms with Gasteiger partial charge < -0.3 is 10.1 Å². The van der Waals surface area contributed by atoms with Crippen LogP contribution in [0.5, 0.6) is 0 Å². The second kappa shape index (κ2) is 5.97. The minimum absolute atomic E-state index is 0.116. The average Bonchev–Trinajstić information content (AvgIpc) is 2.77. The van der Waals surface area contributed by atoms with Crippen molar-refractivity contribution in [3.8, 4) is 0 Å². The maximum absolute atomic E-state index is 5.93. The summed E-state index contributed by atoms with van der Waals surface area (Å²) in [5.41, 5.74) is 0.799. The van der Waals surface area contributed by atoms with Crippen molar-refractivity contribution in [2.24, 2.45) is 7.05 Å². The van der Waals surface area contributed by atoms with Crippen molar-refractivity contribution in [1.29, 1.82) is 0 Å². The highest BCUT2D eigenvalue weighted by atomic mass is 35.5. The highest BCUT2D eigenvalue weighted by molar-refractivity contribution is 6.18. The third kappa shape index (κ3) is 2.70. The van der Waals surface area contributed by atoms with Gasteiger partial charge in [-0.2, -0.15) is 5.10 Å². The molecular formula is C11H16ClN5O. The number of aryl methyl sites for hydroxylation is 1. The number of nitrogens with one attached hydrogen (secondary N) is 1. The first-order valence-electron chi connectivity index (χ1n) is 5.70. The van der Waals surface area contributed by atoms with Crippen LogP contribution in [0.3, 0.4) is 0 Å². The number of methoxy groups -OCH3 is 1. The van der Waals surface area contributed by atoms with Crippen molar-refractivity contribution in [3.63, 3.8) is 0 Å². The van der Waals surface area contributed by atoms with Crippen molar-refractivity contribution < 1.29 is 4.74 Å². The zero-order valence-corrected chi connectivity index (χ0v) is 11.2. The van der Waals surface area contributed by atoms with Crippen molar-refractivity contribution in [2.75, 3.05) is 24.9 Å². The van der Waals surface area contributed by atoms with Gasteiger partial charge in [-0.25, -0.2) is 9.97 Å². The van der Waals surface area contributed by atoms with Gasteiger partial charge in [-0.15, -0.1) is 11.6 Å². The van der Waals surface area contributed by atoms with E-state index < -0.39 is 0 Å². The molecule has 1 atom stereocenters. The van der Waals surface area contributed by atoms with Crippen molar-refractivity contribution in [2.45, 2.75) is 12.5 Å². The number of nitrogens with zero attached hydrogens (tertiary/aromatic N) is 4. The minimum atomic E-state index is 0.116. The predicted molar refractivity (Wildman–Crippen MR) is 70.9 cm³/mol. The summed E-state index contributed by atoms with van der Waals surface area (Å²) in [6.07, 6.45) is 4.10. The summed E-state index contributed by atoms with van der Waals surface area (Å²) in [5, 5.41) is 8.37. The molecule has 0 bridgehead atoms. The summed E-state index contributed by atoms with van der Waals surface area (Å²) in [6, 6.07) is 0.116. The molecule has 0 saturated carbocycles. The molecule has 0 saturated heterocycles. The summed E-state index contributed by atoms with van der Waals surface area (Å²) in [7, 11) is 3.53. The quantitative estimate of drug-likeness (QED) is 0.804. The molecule has 0 spiro atoms. The Morgan fingerprint density at radius 2 is 2.33 bits per heavy atom. The number of fused-ring (bicyclic) bond motifs is 1. The Labute approximate surface area is 110 Å². The van der Waals surface area contributed by atoms with Crippen LogP contribution in [0.2, 0.25) is 0 Å². The fourth-order valence-corrected chi connectivity index (χ4v) is 1.95. The lowest BCUT2D eigenvalue weighted by Gasteiger charge is -2.16. The number of hydrogen-bond acceptors (Lipinski definition) is 5. The Kier molecular flexibility index (Phi) is 4.33. The zero-order valence-electron chi connectivity index (χ0n) is 10.4. The normalized spacial score (nSPS) is 12.8. The van der Waals surface area contributed by atoms with Crippen LogP contribution in [0, 0.1) is 0 Å². The smallest absolute Gasteiger partial charge is 0.163 e. The second-order valence-corrected chi connectivity index (χ2v) is 4.31. The molecular weight excluding hydrogens is 254 g/mol. The van der Waals surface area contributed by atoms with Crippen LogP contribution >= 0.6 is 11.6 Å². The lowest BCUT2D eigenvalue weighted by atomic mass is 10.2. The first-order chi connectivity index (χ1) is 8.76. The van der Waals surface area contributed by atoms with E-state index in [0.29, 0.717) is 12.5 Å². The first kappa shape index (κ1) is 13.0. The van der Waals surface area contributed by atoms with Crippen molar-refractivity contribution in [3.05, 3.63) is 12.5 Å². The molecule has 0 amide bonds. The van der Waals surface area contributed by atoms with Gasteiger partial charge in [0, 0.05) is 32.7 Å². The molecule has 0 aliphatic carbocycles. The molecule has 1 unspecified atom stereocenters. The molecule has 0 aromatic carbocycles. The minimum Gasteiger partial charge on any atom is -0.385 e. The van der Waals surface area contributed by atoms with Gasteiger partial charge in [0.25, 0.3) is 0 Å². The van der Waals surface area contributed by atoms with E-state index in [1.54, 1.807) is 18.0 Å². The summed E-state index contributed by atoms with van der Waals surface area (Å²) in [4.78, 5) is 8.43. The lowest BCUT2D eigenvalue weighted by Crippen LogP contribution is -2.23. The Morgan fingerprint density at radius 1 is 1.50 bits per heavy atom. The van der Waals surface area contributed by atoms with Gasteiger partial charge >= 0.3 is 0 Å². The molecule has 2 rings (SSSR count). The molecule has 2 aromatic rings. The Morgan fingerprint density at radius 3 is 3.06 bits per heavy atom. The monoisotopic (exact) mass is 269 g/mol. The van der Waals surface area contributed by atoms with Crippen LogP contribution in [-0.4, -0.2) is 45.4 Å². The number of ether oxygens (including phenoxy) is 1. The summed E-state index contributed by atoms with van der Waals surface area (Å²) in [5.74, 6) is 1.25. The van der Waals surface area contributed by atoms with Crippen LogP contribution in [0.4, 0.5) is 5.82 Å². The van der Waals surface area contributed by atoms with Gasteiger partial charge in [-0.3, -0.25) is 4.68 Å². The molecule has 7 heteroatoms. The van der Waals surface area contributed by atoms with Crippen LogP contribution in [0.25, 0.3) is 11.0 Å². The molecule has 0 fully saturated rings. The fraction of sp³-hybridized carbons (Fsp3) is 0.545. The van der Waals surface area contributed by atoms with E-state index in [9.17, 15) is 0 Å². The second-order valence-electron chi connectivity index (χ2n) is 4.00. The predicted octanol–water partition coefficient (Wildman–Crippen LogP) is 1.42. The van der Waals surface area contributed by atoms with Gasteiger partial charge in [-0.1, -0.05) is 0 Å². The van der Waals surface area contributed by atoms with E-state index in [1.165, 1.54) is 6.33 Å². The van der Waals surface area contributed by atoms with Crippen molar-refractivity contribution >= 4 is 28.5 Å². The van der Waals surface area contributed by atoms with Gasteiger partial charge in [-0.05, 0) is 6.42 Å². The van der Waals surface area contributed by atoms with Crippen LogP contribution in [-0.2, 0) is 11.8 Å². The summed E-state index contributed by atoms with van der Waals surface area (Å²) < 4.78 is 6.77. The van der Waals surface area contributed by atoms with Gasteiger partial charge in [0.2, 0.25) is 0 Å². The van der Waals surface area contributed by atoms with E-state index in [1.807, 2.05) is 7.05 Å². The highest BCUT2D eigenvalue weighted by Gasteiger charge is 2.12. The highest BCUT2D eigenvalue weighted by Crippen LogP contribution is 2.19. The van der Waals surface area contributed by atoms with Gasteiger partial charge in [0.1, 0.15) is 12.1 Å². The number of halogens is 1. The lowest BCUT2D eigenvalue weighted by molar-refractivity contribution is 0.191. The van der Waals surface area contributed by atoms with Crippen molar-refractivity contribution in [1.82, 2.24) is 19.7 Å². The van der Waals surface area contributed by atoms with Crippen LogP contribution in [0.15, 0.2) is 12.5 Å². The molecule has 18 heavy (non-hydrogen) atoms. The van der Waals surface area contributed by atoms with E-state index >= 15 is 0 Å². The van der Waals surface area contributed by atoms with E-state index in [-0.39, 0.29) is 6.04 Å². The molecule has 1 N–H and O–H groups in total. The molecule has 2 heterocycles. The average molecular weight is 270 g/mol. The molecule has 0 radical (unpaired) electrons. The molecule has 6 nitrogen and oxygen atoms in total. The van der Waals surface area contributed by atoms with E-state index in [2.05, 4.69) is 20.4 Å². The largest absolute Gasteiger partial charge is 0.385 e. The number of rotatable bonds is 6. The Balaban J connectivity index is 2.20. The van der Waals surface area contributed by atoms with Gasteiger partial charge in [0.05, 0.1) is 11.6 Å². The van der Waals surface area contributed by atoms with E-state index in [4.69, 9.17) is 16.3 Å². The maximum atomic E-state index is 5.93. The standard InChI is InChI=1S/C11H16ClN5O/c1-17-11-9(6-15-17)10(13-7-14-11)16-8(5-12)3-4-18-2/h6-8H,3-5H2,1-2H3,(H,13,14,16). The number of alkyl halides is 1. The van der Waals surface area contributed by atoms with Crippen LogP contribution in [0.1, 0.15) is 6.42 Å². The van der Waals surface area contributed by atoms with E-state index in [0.717, 1.165) is 23.3 Å². The molecule has 2 aromatic heterocycles. The summed E-state index contributed by atoms with van der Waals surface area (Å²) in [6.45, 7) is 0.658. The zero-order chi connectivity index (χ0) is 13.0. The summed E-state index contributed by atoms with van der Waals surface area (Å²) >= 11 is 5.93. The topological polar surface area (TPSA) is 64.9 Å². The molecule has 0 aliphatic heterocycles. The number of anilines is 1. The molecule has 0 aliphatic rings. The van der Waals surface area contributed by atoms with Gasteiger partial charge in [0.15, 0.2) is 5.65 Å². The first-order valence-corrected chi connectivity index (χ1v) is 6.24. The third-order valence-corrected chi connectivity index (χ3v) is 3.10. The molecule has 98 valence electrons. The van der Waals surface area contributed by atoms with Crippen LogP contribution < -0.4 is 5.32 Å². The SMILES string of the molecule is COCCC(CCl)Nc1ncnc2c1cnn2C. The number of aromatic nitrogens is 4. The fourth-order valence-electron chi connectivity index (χ4n) is 1.72. The number of hydrogen-bond donors (Lipinski definition) is 1. The Hall–Kier alpha value is -1.40. The third-order valence-electron chi connectivity index (χ3n) is 2.73.